The fourth-order valence-electron chi connectivity index (χ4n) is 4.56. The number of nitro groups is 1. The van der Waals surface area contributed by atoms with Crippen LogP contribution in [0.25, 0.3) is 16.5 Å². The second-order valence-electron chi connectivity index (χ2n) is 9.15. The Hall–Kier alpha value is -4.09. The summed E-state index contributed by atoms with van der Waals surface area (Å²) in [5.41, 5.74) is 2.55. The van der Waals surface area contributed by atoms with Crippen molar-refractivity contribution < 1.29 is 19.1 Å². The molecule has 0 saturated carbocycles. The van der Waals surface area contributed by atoms with E-state index in [2.05, 4.69) is 44.3 Å². The van der Waals surface area contributed by atoms with Crippen LogP contribution >= 0.6 is 27.7 Å². The van der Waals surface area contributed by atoms with E-state index in [-0.39, 0.29) is 11.5 Å². The van der Waals surface area contributed by atoms with Crippen LogP contribution in [0.4, 0.5) is 0 Å². The molecule has 1 heterocycles. The molecule has 0 N–H and O–H groups in total. The number of hydrogen-bond acceptors (Lipinski definition) is 8. The Morgan fingerprint density at radius 2 is 1.76 bits per heavy atom. The van der Waals surface area contributed by atoms with Crippen LogP contribution in [0.3, 0.4) is 0 Å². The number of halogens is 1. The number of rotatable bonds is 11. The zero-order chi connectivity index (χ0) is 28.9. The van der Waals surface area contributed by atoms with E-state index in [1.165, 1.54) is 11.8 Å². The normalized spacial score (nSPS) is 11.8. The first-order valence-corrected chi connectivity index (χ1v) is 14.4. The number of ether oxygens (including phenoxy) is 3. The van der Waals surface area contributed by atoms with Gasteiger partial charge >= 0.3 is 0 Å². The van der Waals surface area contributed by atoms with Gasteiger partial charge in [0.25, 0.3) is 0 Å². The van der Waals surface area contributed by atoms with Gasteiger partial charge in [-0.3, -0.25) is 14.7 Å². The molecular formula is C30H27BrN4O5S. The minimum Gasteiger partial charge on any atom is -0.497 e. The number of nitrogens with zero attached hydrogens (tertiary/aromatic N) is 4. The number of aryl methyl sites for hydroxylation is 1. The summed E-state index contributed by atoms with van der Waals surface area (Å²) in [4.78, 5) is 11.4. The van der Waals surface area contributed by atoms with Crippen LogP contribution in [0.15, 0.2) is 88.5 Å². The first-order chi connectivity index (χ1) is 19.9. The van der Waals surface area contributed by atoms with Crippen LogP contribution in [0.1, 0.15) is 22.2 Å². The van der Waals surface area contributed by atoms with E-state index in [0.29, 0.717) is 39.1 Å². The summed E-state index contributed by atoms with van der Waals surface area (Å²) < 4.78 is 19.7. The van der Waals surface area contributed by atoms with Crippen LogP contribution in [0.2, 0.25) is 0 Å². The fourth-order valence-corrected chi connectivity index (χ4v) is 6.28. The first kappa shape index (κ1) is 28.4. The van der Waals surface area contributed by atoms with Crippen molar-refractivity contribution in [3.05, 3.63) is 110 Å². The summed E-state index contributed by atoms with van der Waals surface area (Å²) in [7, 11) is 3.16. The molecule has 1 atom stereocenters. The van der Waals surface area contributed by atoms with Crippen LogP contribution in [-0.2, 0) is 6.61 Å². The van der Waals surface area contributed by atoms with E-state index >= 15 is 0 Å². The van der Waals surface area contributed by atoms with Crippen molar-refractivity contribution >= 4 is 38.5 Å². The van der Waals surface area contributed by atoms with Crippen molar-refractivity contribution in [1.82, 2.24) is 14.8 Å². The maximum atomic E-state index is 11.7. The molecule has 0 fully saturated rings. The van der Waals surface area contributed by atoms with E-state index in [0.717, 1.165) is 27.8 Å². The van der Waals surface area contributed by atoms with Gasteiger partial charge < -0.3 is 14.2 Å². The van der Waals surface area contributed by atoms with Gasteiger partial charge in [-0.25, -0.2) is 0 Å². The summed E-state index contributed by atoms with van der Waals surface area (Å²) >= 11 is 4.89. The van der Waals surface area contributed by atoms with Crippen molar-refractivity contribution in [3.8, 4) is 22.9 Å². The lowest BCUT2D eigenvalue weighted by atomic mass is 10.1. The fraction of sp³-hybridized carbons (Fsp3) is 0.200. The van der Waals surface area contributed by atoms with Gasteiger partial charge in [0.15, 0.2) is 16.7 Å². The molecule has 1 aromatic heterocycles. The highest BCUT2D eigenvalue weighted by atomic mass is 79.9. The number of hydrogen-bond donors (Lipinski definition) is 0. The number of methoxy groups -OCH3 is 2. The highest BCUT2D eigenvalue weighted by Crippen LogP contribution is 2.43. The topological polar surface area (TPSA) is 102 Å². The van der Waals surface area contributed by atoms with E-state index in [1.807, 2.05) is 66.1 Å². The number of fused-ring (bicyclic) bond motifs is 1. The second kappa shape index (κ2) is 12.6. The van der Waals surface area contributed by atoms with Gasteiger partial charge in [-0.2, -0.15) is 0 Å². The summed E-state index contributed by atoms with van der Waals surface area (Å²) in [6.07, 6.45) is 0. The molecule has 0 saturated heterocycles. The minimum absolute atomic E-state index is 0.326. The predicted octanol–water partition coefficient (Wildman–Crippen LogP) is 7.20. The second-order valence-corrected chi connectivity index (χ2v) is 11.2. The Bertz CT molecular complexity index is 1690. The lowest BCUT2D eigenvalue weighted by Crippen LogP contribution is -2.12. The van der Waals surface area contributed by atoms with Crippen LogP contribution in [0.5, 0.6) is 17.2 Å². The number of aromatic nitrogens is 3. The molecular weight excluding hydrogens is 608 g/mol. The average Bonchev–Trinajstić information content (AvgIpc) is 3.35. The minimum atomic E-state index is -0.581. The largest absolute Gasteiger partial charge is 0.497 e. The first-order valence-electron chi connectivity index (χ1n) is 12.7. The Balaban J connectivity index is 1.44. The van der Waals surface area contributed by atoms with E-state index in [4.69, 9.17) is 14.2 Å². The van der Waals surface area contributed by atoms with Gasteiger partial charge in [-0.05, 0) is 81.2 Å². The Labute approximate surface area is 249 Å². The van der Waals surface area contributed by atoms with E-state index < -0.39 is 5.25 Å². The Morgan fingerprint density at radius 1 is 1.00 bits per heavy atom. The van der Waals surface area contributed by atoms with Gasteiger partial charge in [-0.15, -0.1) is 10.2 Å². The smallest absolute Gasteiger partial charge is 0.220 e. The number of thioether (sulfide) groups is 1. The maximum absolute atomic E-state index is 11.7. The Morgan fingerprint density at radius 3 is 2.49 bits per heavy atom. The standard InChI is InChI=1S/C30H27BrN4O5S/c1-19-32-33-30(35(19)23-11-13-24(38-2)14-12-23)41-28(17-34(36)37)22-15-26(31)29(27(16-22)39-3)40-18-21-9-6-8-20-7-4-5-10-25(20)21/h4-16,28H,17-18H2,1-3H3/t28-/m1/s1. The molecule has 4 aromatic carbocycles. The van der Waals surface area contributed by atoms with E-state index in [9.17, 15) is 10.1 Å². The zero-order valence-corrected chi connectivity index (χ0v) is 25.0. The van der Waals surface area contributed by atoms with Gasteiger partial charge in [0.1, 0.15) is 23.4 Å². The summed E-state index contributed by atoms with van der Waals surface area (Å²) in [5.74, 6) is 2.37. The summed E-state index contributed by atoms with van der Waals surface area (Å²) in [6, 6.07) is 25.3. The highest BCUT2D eigenvalue weighted by Gasteiger charge is 2.26. The van der Waals surface area contributed by atoms with Gasteiger partial charge in [0.05, 0.1) is 18.7 Å². The van der Waals surface area contributed by atoms with Gasteiger partial charge in [-0.1, -0.05) is 54.2 Å². The van der Waals surface area contributed by atoms with Crippen molar-refractivity contribution in [2.75, 3.05) is 20.8 Å². The van der Waals surface area contributed by atoms with Crippen LogP contribution in [-0.4, -0.2) is 40.5 Å². The molecule has 0 amide bonds. The Kier molecular flexibility index (Phi) is 8.75. The summed E-state index contributed by atoms with van der Waals surface area (Å²) in [5, 5.41) is 22.5. The molecule has 0 radical (unpaired) electrons. The van der Waals surface area contributed by atoms with Crippen molar-refractivity contribution in [2.24, 2.45) is 0 Å². The molecule has 5 rings (SSSR count). The zero-order valence-electron chi connectivity index (χ0n) is 22.6. The third kappa shape index (κ3) is 6.31. The molecule has 9 nitrogen and oxygen atoms in total. The van der Waals surface area contributed by atoms with Crippen molar-refractivity contribution in [2.45, 2.75) is 23.9 Å². The molecule has 210 valence electrons. The lowest BCUT2D eigenvalue weighted by Gasteiger charge is -2.18. The quantitative estimate of drug-likeness (QED) is 0.0854. The van der Waals surface area contributed by atoms with E-state index in [1.54, 1.807) is 20.3 Å². The van der Waals surface area contributed by atoms with Crippen LogP contribution in [0, 0.1) is 17.0 Å². The van der Waals surface area contributed by atoms with Crippen molar-refractivity contribution in [3.63, 3.8) is 0 Å². The lowest BCUT2D eigenvalue weighted by molar-refractivity contribution is -0.479. The highest BCUT2D eigenvalue weighted by molar-refractivity contribution is 9.10. The van der Waals surface area contributed by atoms with Crippen LogP contribution < -0.4 is 14.2 Å². The number of benzene rings is 4. The molecule has 0 unspecified atom stereocenters. The maximum Gasteiger partial charge on any atom is 0.220 e. The molecule has 0 aliphatic carbocycles. The average molecular weight is 636 g/mol. The molecule has 0 aliphatic heterocycles. The predicted molar refractivity (Wildman–Crippen MR) is 162 cm³/mol. The monoisotopic (exact) mass is 634 g/mol. The molecule has 11 heteroatoms. The molecule has 0 spiro atoms. The third-order valence-corrected chi connectivity index (χ3v) is 8.33. The molecule has 41 heavy (non-hydrogen) atoms. The van der Waals surface area contributed by atoms with Gasteiger partial charge in [0.2, 0.25) is 6.54 Å². The third-order valence-electron chi connectivity index (χ3n) is 6.56. The molecule has 5 aromatic rings. The summed E-state index contributed by atoms with van der Waals surface area (Å²) in [6.45, 7) is 1.84. The molecule has 0 bridgehead atoms. The SMILES string of the molecule is COc1ccc(-n2c(C)nnc2S[C@H](C[N+](=O)[O-])c2cc(Br)c(OCc3cccc4ccccc34)c(OC)c2)cc1. The van der Waals surface area contributed by atoms with Crippen molar-refractivity contribution in [1.29, 1.82) is 0 Å². The van der Waals surface area contributed by atoms with Gasteiger partial charge in [0, 0.05) is 10.6 Å². The molecule has 0 aliphatic rings.